The largest absolute Gasteiger partial charge is 0.506 e. The van der Waals surface area contributed by atoms with Gasteiger partial charge in [-0.05, 0) is 148 Å². The SMILES string of the molecule is COC(=O)c1cccc(COc2ccc(C(=O)Nc3cc(C(=O)NC4CC4)ccc3C)cc2)n1.Cc1ccc(C(=O)NC2CC2)cc1NC(=O)c1ccc(OCc2ccc(O)cn2)cc1. The summed E-state index contributed by atoms with van der Waals surface area (Å²) >= 11 is 0. The standard InChI is InChI=1S/C26H25N3O5.C24H23N3O4/c1-16-6-7-18(25(31)28-19-10-11-19)14-23(16)29-24(30)17-8-12-21(13-9-17)34-15-20-4-3-5-22(27-20)26(32)33-2;1-15-2-3-17(24(30)26-18-6-7-18)12-22(15)27-23(29)16-4-10-21(11-5-16)31-14-19-8-9-20(28)13-25-19/h3-9,12-14,19H,10-11,15H2,1-2H3,(H,28,31)(H,29,30);2-5,8-13,18,28H,6-7,14H2,1H3,(H,26,30)(H,27,29). The number of aromatic hydroxyl groups is 1. The highest BCUT2D eigenvalue weighted by atomic mass is 16.5. The van der Waals surface area contributed by atoms with Gasteiger partial charge in [0.25, 0.3) is 23.6 Å². The minimum Gasteiger partial charge on any atom is -0.506 e. The van der Waals surface area contributed by atoms with E-state index in [2.05, 4.69) is 36.0 Å². The van der Waals surface area contributed by atoms with Gasteiger partial charge in [-0.15, -0.1) is 0 Å². The van der Waals surface area contributed by atoms with Gasteiger partial charge in [0.05, 0.1) is 24.7 Å². The molecule has 332 valence electrons. The fourth-order valence-electron chi connectivity index (χ4n) is 6.18. The monoisotopic (exact) mass is 876 g/mol. The molecule has 2 heterocycles. The fraction of sp³-hybridized carbons (Fsp3) is 0.220. The molecule has 8 rings (SSSR count). The molecule has 0 radical (unpaired) electrons. The summed E-state index contributed by atoms with van der Waals surface area (Å²) < 4.78 is 16.1. The van der Waals surface area contributed by atoms with Crippen LogP contribution in [0.3, 0.4) is 0 Å². The lowest BCUT2D eigenvalue weighted by molar-refractivity contribution is 0.0592. The van der Waals surface area contributed by atoms with Crippen LogP contribution >= 0.6 is 0 Å². The third kappa shape index (κ3) is 13.0. The first kappa shape index (κ1) is 45.0. The molecule has 15 heteroatoms. The number of carbonyl (C=O) groups excluding carboxylic acids is 5. The zero-order chi connectivity index (χ0) is 45.9. The highest BCUT2D eigenvalue weighted by Gasteiger charge is 2.25. The summed E-state index contributed by atoms with van der Waals surface area (Å²) in [5.74, 6) is -0.0757. The van der Waals surface area contributed by atoms with Crippen LogP contribution in [-0.4, -0.2) is 63.9 Å². The Balaban J connectivity index is 0.000000195. The molecule has 65 heavy (non-hydrogen) atoms. The van der Waals surface area contributed by atoms with Gasteiger partial charge in [-0.3, -0.25) is 24.2 Å². The predicted molar refractivity (Wildman–Crippen MR) is 242 cm³/mol. The molecule has 0 unspecified atom stereocenters. The summed E-state index contributed by atoms with van der Waals surface area (Å²) in [6.45, 7) is 4.16. The van der Waals surface area contributed by atoms with E-state index in [1.165, 1.54) is 13.3 Å². The highest BCUT2D eigenvalue weighted by molar-refractivity contribution is 6.06. The molecule has 0 aliphatic heterocycles. The van der Waals surface area contributed by atoms with Crippen LogP contribution in [0.1, 0.15) is 100 Å². The first-order chi connectivity index (χ1) is 31.4. The number of pyridine rings is 2. The maximum absolute atomic E-state index is 12.7. The van der Waals surface area contributed by atoms with Crippen molar-refractivity contribution in [1.29, 1.82) is 0 Å². The fourth-order valence-corrected chi connectivity index (χ4v) is 6.18. The van der Waals surface area contributed by atoms with Gasteiger partial charge >= 0.3 is 5.97 Å². The second-order valence-electron chi connectivity index (χ2n) is 15.6. The van der Waals surface area contributed by atoms with E-state index in [0.717, 1.165) is 36.8 Å². The number of benzene rings is 4. The molecular formula is C50H48N6O9. The van der Waals surface area contributed by atoms with Crippen molar-refractivity contribution >= 4 is 41.0 Å². The van der Waals surface area contributed by atoms with Crippen LogP contribution in [0, 0.1) is 13.8 Å². The van der Waals surface area contributed by atoms with Gasteiger partial charge in [-0.1, -0.05) is 18.2 Å². The van der Waals surface area contributed by atoms with E-state index in [4.69, 9.17) is 9.47 Å². The lowest BCUT2D eigenvalue weighted by Gasteiger charge is -2.12. The van der Waals surface area contributed by atoms with Crippen LogP contribution in [-0.2, 0) is 18.0 Å². The van der Waals surface area contributed by atoms with Gasteiger partial charge in [0, 0.05) is 45.7 Å². The molecule has 4 aromatic carbocycles. The van der Waals surface area contributed by atoms with Crippen molar-refractivity contribution in [2.75, 3.05) is 17.7 Å². The quantitative estimate of drug-likeness (QED) is 0.0631. The number of ether oxygens (including phenoxy) is 3. The van der Waals surface area contributed by atoms with Crippen molar-refractivity contribution in [3.8, 4) is 17.2 Å². The average Bonchev–Trinajstić information content (AvgIpc) is 4.28. The summed E-state index contributed by atoms with van der Waals surface area (Å²) in [6.07, 6.45) is 5.42. The topological polar surface area (TPSA) is 207 Å². The number of aryl methyl sites for hydroxylation is 2. The van der Waals surface area contributed by atoms with Crippen LogP contribution in [0.25, 0.3) is 0 Å². The molecule has 4 amide bonds. The second kappa shape index (κ2) is 20.9. The number of nitrogens with zero attached hydrogens (tertiary/aromatic N) is 2. The van der Waals surface area contributed by atoms with Gasteiger partial charge in [-0.25, -0.2) is 9.78 Å². The number of nitrogens with one attached hydrogen (secondary N) is 4. The van der Waals surface area contributed by atoms with E-state index >= 15 is 0 Å². The maximum atomic E-state index is 12.7. The van der Waals surface area contributed by atoms with Gasteiger partial charge in [0.15, 0.2) is 0 Å². The normalized spacial score (nSPS) is 12.7. The number of hydrogen-bond acceptors (Lipinski definition) is 11. The Labute approximate surface area is 375 Å². The van der Waals surface area contributed by atoms with E-state index < -0.39 is 5.97 Å². The number of rotatable bonds is 15. The van der Waals surface area contributed by atoms with E-state index in [-0.39, 0.29) is 60.4 Å². The predicted octanol–water partition coefficient (Wildman–Crippen LogP) is 7.72. The smallest absolute Gasteiger partial charge is 0.356 e. The Bertz CT molecular complexity index is 2680. The van der Waals surface area contributed by atoms with Crippen LogP contribution in [0.5, 0.6) is 17.2 Å². The lowest BCUT2D eigenvalue weighted by Crippen LogP contribution is -2.25. The molecule has 0 atom stereocenters. The molecule has 2 fully saturated rings. The molecule has 15 nitrogen and oxygen atoms in total. The van der Waals surface area contributed by atoms with Crippen molar-refractivity contribution in [2.45, 2.75) is 64.8 Å². The van der Waals surface area contributed by atoms with E-state index in [9.17, 15) is 29.1 Å². The Hall–Kier alpha value is -8.07. The van der Waals surface area contributed by atoms with E-state index in [1.807, 2.05) is 26.0 Å². The minimum absolute atomic E-state index is 0.100. The second-order valence-corrected chi connectivity index (χ2v) is 15.6. The number of methoxy groups -OCH3 is 1. The first-order valence-corrected chi connectivity index (χ1v) is 21.0. The van der Waals surface area contributed by atoms with Gasteiger partial charge in [0.1, 0.15) is 36.2 Å². The van der Waals surface area contributed by atoms with Crippen molar-refractivity contribution < 1.29 is 43.3 Å². The number of amides is 4. The molecule has 0 bridgehead atoms. The summed E-state index contributed by atoms with van der Waals surface area (Å²) in [4.78, 5) is 69.9. The first-order valence-electron chi connectivity index (χ1n) is 21.0. The third-order valence-electron chi connectivity index (χ3n) is 10.3. The minimum atomic E-state index is -0.512. The third-order valence-corrected chi connectivity index (χ3v) is 10.3. The van der Waals surface area contributed by atoms with Crippen molar-refractivity contribution in [3.05, 3.63) is 172 Å². The maximum Gasteiger partial charge on any atom is 0.356 e. The molecule has 2 aromatic heterocycles. The Morgan fingerprint density at radius 3 is 1.51 bits per heavy atom. The van der Waals surface area contributed by atoms with Crippen LogP contribution < -0.4 is 30.7 Å². The molecule has 5 N–H and O–H groups in total. The summed E-state index contributed by atoms with van der Waals surface area (Å²) in [7, 11) is 1.30. The van der Waals surface area contributed by atoms with Gasteiger partial charge in [0.2, 0.25) is 0 Å². The summed E-state index contributed by atoms with van der Waals surface area (Å²) in [5.41, 5.74) is 6.35. The van der Waals surface area contributed by atoms with E-state index in [0.29, 0.717) is 56.5 Å². The summed E-state index contributed by atoms with van der Waals surface area (Å²) in [5, 5.41) is 20.9. The molecular weight excluding hydrogens is 829 g/mol. The zero-order valence-electron chi connectivity index (χ0n) is 36.1. The number of anilines is 2. The van der Waals surface area contributed by atoms with Gasteiger partial charge < -0.3 is 40.6 Å². The van der Waals surface area contributed by atoms with Crippen molar-refractivity contribution in [2.24, 2.45) is 0 Å². The Morgan fingerprint density at radius 1 is 0.585 bits per heavy atom. The number of carbonyl (C=O) groups is 5. The van der Waals surface area contributed by atoms with E-state index in [1.54, 1.807) is 103 Å². The molecule has 2 saturated carbocycles. The lowest BCUT2D eigenvalue weighted by atomic mass is 10.1. The van der Waals surface area contributed by atoms with Crippen LogP contribution in [0.4, 0.5) is 11.4 Å². The number of hydrogen-bond donors (Lipinski definition) is 5. The Morgan fingerprint density at radius 2 is 1.06 bits per heavy atom. The summed E-state index contributed by atoms with van der Waals surface area (Å²) in [6, 6.07) is 32.8. The van der Waals surface area contributed by atoms with Crippen LogP contribution in [0.15, 0.2) is 121 Å². The van der Waals surface area contributed by atoms with Gasteiger partial charge in [-0.2, -0.15) is 0 Å². The van der Waals surface area contributed by atoms with Crippen molar-refractivity contribution in [1.82, 2.24) is 20.6 Å². The highest BCUT2D eigenvalue weighted by Crippen LogP contribution is 2.24. The number of esters is 1. The molecule has 0 saturated heterocycles. The molecule has 0 spiro atoms. The van der Waals surface area contributed by atoms with Crippen LogP contribution in [0.2, 0.25) is 0 Å². The molecule has 2 aliphatic rings. The van der Waals surface area contributed by atoms with Crippen molar-refractivity contribution in [3.63, 3.8) is 0 Å². The number of aromatic nitrogens is 2. The molecule has 6 aromatic rings. The average molecular weight is 877 g/mol. The Kier molecular flexibility index (Phi) is 14.4. The zero-order valence-corrected chi connectivity index (χ0v) is 36.1. The molecule has 2 aliphatic carbocycles.